The number of carbonyl (C=O) groups excluding carboxylic acids is 2. The molecule has 1 aromatic heterocycles. The molecule has 2 saturated carbocycles. The lowest BCUT2D eigenvalue weighted by Crippen LogP contribution is -2.20. The number of rotatable bonds is 6. The fraction of sp³-hybridized carbons (Fsp3) is 0.345. The number of ether oxygens (including phenoxy) is 2. The molecule has 0 saturated heterocycles. The lowest BCUT2D eigenvalue weighted by atomic mass is 9.95. The number of fused-ring (bicyclic) bond motifs is 4. The van der Waals surface area contributed by atoms with Crippen molar-refractivity contribution in [3.63, 3.8) is 0 Å². The maximum atomic E-state index is 13.2. The molecular weight excluding hydrogens is 454 g/mol. The van der Waals surface area contributed by atoms with Crippen LogP contribution in [0.2, 0.25) is 0 Å². The molecule has 2 aromatic carbocycles. The maximum Gasteiger partial charge on any atom is 0.225 e. The van der Waals surface area contributed by atoms with Crippen LogP contribution in [0.3, 0.4) is 0 Å². The number of benzene rings is 2. The number of nitrogens with two attached hydrogens (primary N) is 1. The van der Waals surface area contributed by atoms with Crippen LogP contribution in [0.4, 0.5) is 5.82 Å². The highest BCUT2D eigenvalue weighted by Gasteiger charge is 2.59. The number of nitrogens with one attached hydrogen (secondary N) is 1. The third-order valence-electron chi connectivity index (χ3n) is 7.98. The average molecular weight is 482 g/mol. The number of Topliss-reactive ketones (excluding diaryl/α,β-unsaturated/α-hetero) is 1. The summed E-state index contributed by atoms with van der Waals surface area (Å²) in [6.07, 6.45) is 5.10. The number of ketones is 1. The van der Waals surface area contributed by atoms with E-state index >= 15 is 0 Å². The minimum absolute atomic E-state index is 0.0286. The summed E-state index contributed by atoms with van der Waals surface area (Å²) in [5.41, 5.74) is 11.0. The number of nitrogens with zero attached hydrogens (tertiary/aromatic N) is 1. The Bertz CT molecular complexity index is 1440. The Labute approximate surface area is 209 Å². The number of carbonyl (C=O) groups is 2. The van der Waals surface area contributed by atoms with Gasteiger partial charge in [-0.3, -0.25) is 9.59 Å². The van der Waals surface area contributed by atoms with E-state index in [4.69, 9.17) is 15.2 Å². The summed E-state index contributed by atoms with van der Waals surface area (Å²) in [4.78, 5) is 29.2. The van der Waals surface area contributed by atoms with Gasteiger partial charge in [0.2, 0.25) is 5.91 Å². The van der Waals surface area contributed by atoms with Crippen LogP contribution < -0.4 is 20.5 Å². The molecule has 182 valence electrons. The van der Waals surface area contributed by atoms with Crippen LogP contribution in [0.1, 0.15) is 64.2 Å². The largest absolute Gasteiger partial charge is 0.489 e. The van der Waals surface area contributed by atoms with Crippen molar-refractivity contribution in [2.75, 3.05) is 5.32 Å². The molecular formula is C29H27N3O4. The van der Waals surface area contributed by atoms with Gasteiger partial charge in [0, 0.05) is 53.1 Å². The van der Waals surface area contributed by atoms with E-state index in [0.29, 0.717) is 36.6 Å². The molecule has 2 aliphatic carbocycles. The lowest BCUT2D eigenvalue weighted by molar-refractivity contribution is -0.116. The number of hydrogen-bond acceptors (Lipinski definition) is 6. The van der Waals surface area contributed by atoms with Gasteiger partial charge in [-0.25, -0.2) is 4.98 Å². The van der Waals surface area contributed by atoms with Crippen LogP contribution in [0.5, 0.6) is 17.2 Å². The van der Waals surface area contributed by atoms with Gasteiger partial charge < -0.3 is 20.5 Å². The number of aromatic nitrogens is 1. The number of anilines is 1. The topological polar surface area (TPSA) is 104 Å². The highest BCUT2D eigenvalue weighted by molar-refractivity contribution is 5.97. The molecule has 3 atom stereocenters. The SMILES string of the molecule is Cc1cc(C(=O)C[C@@H]2[C@H]3Oc4ccc(Oc5ccnc6c5CCC(=O)N6)cc4[C@@H]23)cc(C2(N)CC2)c1. The number of hydrogen-bond donors (Lipinski definition) is 2. The van der Waals surface area contributed by atoms with Crippen LogP contribution in [0.15, 0.2) is 48.7 Å². The normalized spacial score (nSPS) is 24.1. The second-order valence-corrected chi connectivity index (χ2v) is 10.6. The zero-order valence-electron chi connectivity index (χ0n) is 20.0. The van der Waals surface area contributed by atoms with E-state index in [1.54, 1.807) is 6.20 Å². The van der Waals surface area contributed by atoms with Crippen molar-refractivity contribution in [1.82, 2.24) is 4.98 Å². The van der Waals surface area contributed by atoms with Crippen molar-refractivity contribution in [2.45, 2.75) is 56.6 Å². The molecule has 36 heavy (non-hydrogen) atoms. The summed E-state index contributed by atoms with van der Waals surface area (Å²) in [7, 11) is 0. The van der Waals surface area contributed by atoms with E-state index in [1.165, 1.54) is 0 Å². The summed E-state index contributed by atoms with van der Waals surface area (Å²) in [5, 5.41) is 2.81. The van der Waals surface area contributed by atoms with Crippen LogP contribution in [0, 0.1) is 12.8 Å². The predicted octanol–water partition coefficient (Wildman–Crippen LogP) is 4.76. The molecule has 7 nitrogen and oxygen atoms in total. The van der Waals surface area contributed by atoms with E-state index in [-0.39, 0.29) is 35.2 Å². The predicted molar refractivity (Wildman–Crippen MR) is 134 cm³/mol. The Morgan fingerprint density at radius 3 is 2.89 bits per heavy atom. The minimum atomic E-state index is -0.255. The van der Waals surface area contributed by atoms with Crippen molar-refractivity contribution in [2.24, 2.45) is 11.7 Å². The molecule has 7 heteroatoms. The molecule has 3 aromatic rings. The first-order valence-electron chi connectivity index (χ1n) is 12.6. The summed E-state index contributed by atoms with van der Waals surface area (Å²) >= 11 is 0. The third-order valence-corrected chi connectivity index (χ3v) is 7.98. The van der Waals surface area contributed by atoms with Gasteiger partial charge in [-0.2, -0.15) is 0 Å². The second kappa shape index (κ2) is 7.64. The summed E-state index contributed by atoms with van der Waals surface area (Å²) in [5.74, 6) is 3.32. The number of amides is 1. The lowest BCUT2D eigenvalue weighted by Gasteiger charge is -2.19. The zero-order valence-corrected chi connectivity index (χ0v) is 20.0. The van der Waals surface area contributed by atoms with Crippen molar-refractivity contribution < 1.29 is 19.1 Å². The van der Waals surface area contributed by atoms with Crippen molar-refractivity contribution in [3.8, 4) is 17.2 Å². The summed E-state index contributed by atoms with van der Waals surface area (Å²) < 4.78 is 12.4. The Morgan fingerprint density at radius 2 is 2.06 bits per heavy atom. The van der Waals surface area contributed by atoms with Gasteiger partial charge >= 0.3 is 0 Å². The zero-order chi connectivity index (χ0) is 24.6. The molecule has 7 rings (SSSR count). The van der Waals surface area contributed by atoms with Gasteiger partial charge in [-0.15, -0.1) is 0 Å². The smallest absolute Gasteiger partial charge is 0.225 e. The maximum absolute atomic E-state index is 13.2. The number of aryl methyl sites for hydroxylation is 1. The fourth-order valence-electron chi connectivity index (χ4n) is 5.72. The first-order valence-corrected chi connectivity index (χ1v) is 12.6. The molecule has 0 radical (unpaired) electrons. The monoisotopic (exact) mass is 481 g/mol. The van der Waals surface area contributed by atoms with Gasteiger partial charge in [0.05, 0.1) is 0 Å². The van der Waals surface area contributed by atoms with E-state index in [0.717, 1.165) is 46.4 Å². The average Bonchev–Trinajstić information content (AvgIpc) is 3.73. The Morgan fingerprint density at radius 1 is 1.19 bits per heavy atom. The molecule has 4 aliphatic rings. The van der Waals surface area contributed by atoms with Gasteiger partial charge in [0.15, 0.2) is 5.78 Å². The first kappa shape index (κ1) is 21.6. The third kappa shape index (κ3) is 3.57. The quantitative estimate of drug-likeness (QED) is 0.492. The van der Waals surface area contributed by atoms with Crippen LogP contribution in [0.25, 0.3) is 0 Å². The molecule has 2 aliphatic heterocycles. The van der Waals surface area contributed by atoms with Gasteiger partial charge in [0.1, 0.15) is 29.2 Å². The highest BCUT2D eigenvalue weighted by Crippen LogP contribution is 2.60. The highest BCUT2D eigenvalue weighted by atomic mass is 16.5. The van der Waals surface area contributed by atoms with Crippen molar-refractivity contribution >= 4 is 17.5 Å². The Balaban J connectivity index is 1.08. The number of pyridine rings is 1. The van der Waals surface area contributed by atoms with Crippen LogP contribution in [-0.4, -0.2) is 22.8 Å². The first-order chi connectivity index (χ1) is 17.4. The van der Waals surface area contributed by atoms with Gasteiger partial charge in [-0.1, -0.05) is 11.6 Å². The van der Waals surface area contributed by atoms with Crippen molar-refractivity contribution in [3.05, 3.63) is 76.5 Å². The van der Waals surface area contributed by atoms with Crippen LogP contribution in [-0.2, 0) is 16.8 Å². The molecule has 1 amide bonds. The Kier molecular flexibility index (Phi) is 4.58. The van der Waals surface area contributed by atoms with E-state index in [2.05, 4.69) is 16.4 Å². The van der Waals surface area contributed by atoms with E-state index in [1.807, 2.05) is 43.3 Å². The Hall–Kier alpha value is -3.71. The summed E-state index contributed by atoms with van der Waals surface area (Å²) in [6.45, 7) is 2.02. The fourth-order valence-corrected chi connectivity index (χ4v) is 5.72. The molecule has 3 N–H and O–H groups in total. The standard InChI is InChI=1S/C29H27N3O4/c1-15-10-16(12-17(11-15)29(30)7-8-29)22(33)14-21-26-20-13-18(2-4-23(20)36-27(21)26)35-24-6-9-31-28-19(24)3-5-25(34)32-28/h2,4,6,9-13,21,26-27H,3,5,7-8,14,30H2,1H3,(H,31,32,34)/t21-,26-,27+/m0/s1. The molecule has 0 unspecified atom stereocenters. The van der Waals surface area contributed by atoms with Crippen molar-refractivity contribution in [1.29, 1.82) is 0 Å². The molecule has 2 fully saturated rings. The molecule has 3 heterocycles. The molecule has 0 bridgehead atoms. The second-order valence-electron chi connectivity index (χ2n) is 10.6. The van der Waals surface area contributed by atoms with Gasteiger partial charge in [0.25, 0.3) is 0 Å². The van der Waals surface area contributed by atoms with Gasteiger partial charge in [-0.05, 0) is 68.1 Å². The van der Waals surface area contributed by atoms with Crippen LogP contribution >= 0.6 is 0 Å². The summed E-state index contributed by atoms with van der Waals surface area (Å²) in [6, 6.07) is 13.7. The molecule has 0 spiro atoms. The van der Waals surface area contributed by atoms with E-state index in [9.17, 15) is 9.59 Å². The van der Waals surface area contributed by atoms with E-state index < -0.39 is 0 Å². The minimum Gasteiger partial charge on any atom is -0.489 e.